The second kappa shape index (κ2) is 10.4. The number of benzene rings is 2. The first-order chi connectivity index (χ1) is 15.7. The SMILES string of the molecule is C=CCOc1ccc(C(O)=C2C(=O)C(=O)N(CCCN(C)C)C2c2ccc(F)cc2)cc1C. The lowest BCUT2D eigenvalue weighted by Crippen LogP contribution is -2.32. The second-order valence-electron chi connectivity index (χ2n) is 8.28. The van der Waals surface area contributed by atoms with Crippen LogP contribution in [0.2, 0.25) is 0 Å². The van der Waals surface area contributed by atoms with E-state index in [1.54, 1.807) is 24.3 Å². The summed E-state index contributed by atoms with van der Waals surface area (Å²) in [5.41, 5.74) is 1.72. The normalized spacial score (nSPS) is 17.6. The van der Waals surface area contributed by atoms with Gasteiger partial charge in [-0.15, -0.1) is 0 Å². The molecule has 33 heavy (non-hydrogen) atoms. The Morgan fingerprint density at radius 1 is 1.21 bits per heavy atom. The summed E-state index contributed by atoms with van der Waals surface area (Å²) in [6.07, 6.45) is 2.28. The number of hydrogen-bond acceptors (Lipinski definition) is 5. The Labute approximate surface area is 193 Å². The average molecular weight is 453 g/mol. The second-order valence-corrected chi connectivity index (χ2v) is 8.28. The lowest BCUT2D eigenvalue weighted by molar-refractivity contribution is -0.139. The monoisotopic (exact) mass is 452 g/mol. The van der Waals surface area contributed by atoms with Crippen LogP contribution >= 0.6 is 0 Å². The van der Waals surface area contributed by atoms with E-state index >= 15 is 0 Å². The zero-order valence-electron chi connectivity index (χ0n) is 19.2. The summed E-state index contributed by atoms with van der Waals surface area (Å²) in [4.78, 5) is 29.4. The Balaban J connectivity index is 2.06. The van der Waals surface area contributed by atoms with Crippen molar-refractivity contribution >= 4 is 17.4 Å². The van der Waals surface area contributed by atoms with Gasteiger partial charge in [0.2, 0.25) is 0 Å². The number of likely N-dealkylation sites (tertiary alicyclic amines) is 1. The highest BCUT2D eigenvalue weighted by molar-refractivity contribution is 6.46. The quantitative estimate of drug-likeness (QED) is 0.269. The van der Waals surface area contributed by atoms with Gasteiger partial charge in [-0.1, -0.05) is 24.8 Å². The summed E-state index contributed by atoms with van der Waals surface area (Å²) >= 11 is 0. The number of halogens is 1. The standard InChI is InChI=1S/C26H29FN2O4/c1-5-15-33-21-12-9-19(16-17(21)2)24(30)22-23(18-7-10-20(27)11-8-18)29(26(32)25(22)31)14-6-13-28(3)4/h5,7-12,16,23,30H,1,6,13-15H2,2-4H3. The minimum absolute atomic E-state index is 0.00405. The largest absolute Gasteiger partial charge is 0.507 e. The van der Waals surface area contributed by atoms with E-state index in [0.717, 1.165) is 12.1 Å². The van der Waals surface area contributed by atoms with Gasteiger partial charge in [0.15, 0.2) is 0 Å². The summed E-state index contributed by atoms with van der Waals surface area (Å²) in [6.45, 7) is 6.85. The summed E-state index contributed by atoms with van der Waals surface area (Å²) < 4.78 is 19.2. The van der Waals surface area contributed by atoms with Gasteiger partial charge in [0.05, 0.1) is 11.6 Å². The predicted octanol–water partition coefficient (Wildman–Crippen LogP) is 4.07. The Bertz CT molecular complexity index is 1080. The number of aryl methyl sites for hydroxylation is 1. The van der Waals surface area contributed by atoms with Crippen molar-refractivity contribution in [3.8, 4) is 5.75 Å². The third kappa shape index (κ3) is 5.31. The Morgan fingerprint density at radius 2 is 1.91 bits per heavy atom. The van der Waals surface area contributed by atoms with Crippen molar-refractivity contribution in [1.29, 1.82) is 0 Å². The van der Waals surface area contributed by atoms with Gasteiger partial charge in [0, 0.05) is 12.1 Å². The molecule has 1 unspecified atom stereocenters. The first kappa shape index (κ1) is 24.2. The zero-order chi connectivity index (χ0) is 24.1. The van der Waals surface area contributed by atoms with Gasteiger partial charge in [-0.05, 0) is 75.4 Å². The lowest BCUT2D eigenvalue weighted by Gasteiger charge is -2.26. The van der Waals surface area contributed by atoms with Crippen LogP contribution in [-0.4, -0.2) is 60.4 Å². The summed E-state index contributed by atoms with van der Waals surface area (Å²) in [7, 11) is 3.85. The Hall–Kier alpha value is -3.45. The van der Waals surface area contributed by atoms with Gasteiger partial charge in [-0.25, -0.2) is 4.39 Å². The summed E-state index contributed by atoms with van der Waals surface area (Å²) in [6, 6.07) is 9.89. The molecular weight excluding hydrogens is 423 g/mol. The number of carbonyl (C=O) groups is 2. The van der Waals surface area contributed by atoms with Crippen LogP contribution in [-0.2, 0) is 9.59 Å². The number of aliphatic hydroxyl groups excluding tert-OH is 1. The lowest BCUT2D eigenvalue weighted by atomic mass is 9.94. The van der Waals surface area contributed by atoms with E-state index in [1.165, 1.54) is 29.2 Å². The predicted molar refractivity (Wildman–Crippen MR) is 125 cm³/mol. The number of hydrogen-bond donors (Lipinski definition) is 1. The van der Waals surface area contributed by atoms with Gasteiger partial charge < -0.3 is 19.6 Å². The van der Waals surface area contributed by atoms with Crippen molar-refractivity contribution in [2.24, 2.45) is 0 Å². The van der Waals surface area contributed by atoms with Crippen LogP contribution in [0.15, 0.2) is 60.7 Å². The summed E-state index contributed by atoms with van der Waals surface area (Å²) in [5, 5.41) is 11.2. The number of nitrogens with zero attached hydrogens (tertiary/aromatic N) is 2. The van der Waals surface area contributed by atoms with Gasteiger partial charge in [-0.3, -0.25) is 9.59 Å². The van der Waals surface area contributed by atoms with Gasteiger partial charge in [0.1, 0.15) is 23.9 Å². The Morgan fingerprint density at radius 3 is 2.52 bits per heavy atom. The molecule has 2 aromatic rings. The van der Waals surface area contributed by atoms with Crippen molar-refractivity contribution in [2.75, 3.05) is 33.8 Å². The van der Waals surface area contributed by atoms with Crippen LogP contribution < -0.4 is 4.74 Å². The van der Waals surface area contributed by atoms with E-state index in [4.69, 9.17) is 4.74 Å². The fourth-order valence-corrected chi connectivity index (χ4v) is 3.92. The molecule has 1 aliphatic heterocycles. The van der Waals surface area contributed by atoms with E-state index in [9.17, 15) is 19.1 Å². The van der Waals surface area contributed by atoms with Crippen LogP contribution in [0.3, 0.4) is 0 Å². The van der Waals surface area contributed by atoms with E-state index in [-0.39, 0.29) is 11.3 Å². The summed E-state index contributed by atoms with van der Waals surface area (Å²) in [5.74, 6) is -1.49. The molecule has 0 radical (unpaired) electrons. The third-order valence-electron chi connectivity index (χ3n) is 5.54. The van der Waals surface area contributed by atoms with Crippen LogP contribution in [0.5, 0.6) is 5.75 Å². The molecular formula is C26H29FN2O4. The van der Waals surface area contributed by atoms with Crippen molar-refractivity contribution in [1.82, 2.24) is 9.80 Å². The third-order valence-corrected chi connectivity index (χ3v) is 5.54. The maximum Gasteiger partial charge on any atom is 0.295 e. The van der Waals surface area contributed by atoms with Gasteiger partial charge in [0.25, 0.3) is 11.7 Å². The minimum Gasteiger partial charge on any atom is -0.507 e. The number of carbonyl (C=O) groups excluding carboxylic acids is 2. The molecule has 0 aromatic heterocycles. The molecule has 1 aliphatic rings. The van der Waals surface area contributed by atoms with Crippen LogP contribution in [0.1, 0.15) is 29.2 Å². The fraction of sp³-hybridized carbons (Fsp3) is 0.308. The van der Waals surface area contributed by atoms with Gasteiger partial charge in [-0.2, -0.15) is 0 Å². The first-order valence-corrected chi connectivity index (χ1v) is 10.8. The molecule has 0 aliphatic carbocycles. The molecule has 1 heterocycles. The van der Waals surface area contributed by atoms with Crippen molar-refractivity contribution in [3.05, 3.63) is 83.2 Å². The van der Waals surface area contributed by atoms with E-state index < -0.39 is 23.5 Å². The van der Waals surface area contributed by atoms with E-state index in [0.29, 0.717) is 36.4 Å². The number of aliphatic hydroxyl groups is 1. The molecule has 1 atom stereocenters. The van der Waals surface area contributed by atoms with Crippen LogP contribution in [0, 0.1) is 12.7 Å². The number of Topliss-reactive ketones (excluding diaryl/α,β-unsaturated/α-hetero) is 1. The van der Waals surface area contributed by atoms with Crippen molar-refractivity contribution in [2.45, 2.75) is 19.4 Å². The van der Waals surface area contributed by atoms with Crippen molar-refractivity contribution in [3.63, 3.8) is 0 Å². The van der Waals surface area contributed by atoms with E-state index in [2.05, 4.69) is 6.58 Å². The number of amides is 1. The van der Waals surface area contributed by atoms with Crippen LogP contribution in [0.25, 0.3) is 5.76 Å². The highest BCUT2D eigenvalue weighted by atomic mass is 19.1. The highest BCUT2D eigenvalue weighted by Gasteiger charge is 2.45. The molecule has 6 nitrogen and oxygen atoms in total. The average Bonchev–Trinajstić information content (AvgIpc) is 3.03. The number of rotatable bonds is 9. The topological polar surface area (TPSA) is 70.1 Å². The molecule has 0 bridgehead atoms. The maximum atomic E-state index is 13.6. The van der Waals surface area contributed by atoms with Gasteiger partial charge >= 0.3 is 0 Å². The molecule has 0 saturated carbocycles. The minimum atomic E-state index is -0.801. The molecule has 1 fully saturated rings. The molecule has 174 valence electrons. The number of ether oxygens (including phenoxy) is 1. The highest BCUT2D eigenvalue weighted by Crippen LogP contribution is 2.40. The smallest absolute Gasteiger partial charge is 0.295 e. The molecule has 7 heteroatoms. The number of ketones is 1. The van der Waals surface area contributed by atoms with Crippen molar-refractivity contribution < 1.29 is 23.8 Å². The zero-order valence-corrected chi connectivity index (χ0v) is 19.2. The molecule has 1 amide bonds. The molecule has 1 saturated heterocycles. The molecule has 3 rings (SSSR count). The molecule has 1 N–H and O–H groups in total. The first-order valence-electron chi connectivity index (χ1n) is 10.8. The maximum absolute atomic E-state index is 13.6. The fourth-order valence-electron chi connectivity index (χ4n) is 3.92. The molecule has 2 aromatic carbocycles. The Kier molecular flexibility index (Phi) is 7.66. The van der Waals surface area contributed by atoms with Crippen LogP contribution in [0.4, 0.5) is 4.39 Å². The van der Waals surface area contributed by atoms with E-state index in [1.807, 2.05) is 25.9 Å². The molecule has 0 spiro atoms.